The summed E-state index contributed by atoms with van der Waals surface area (Å²) in [5.74, 6) is 0.866. The van der Waals surface area contributed by atoms with E-state index in [4.69, 9.17) is 0 Å². The molecule has 1 aliphatic heterocycles. The van der Waals surface area contributed by atoms with Crippen LogP contribution < -0.4 is 5.32 Å². The topological polar surface area (TPSA) is 15.3 Å². The maximum Gasteiger partial charge on any atom is 0.00792 e. The lowest BCUT2D eigenvalue weighted by atomic mass is 9.92. The molecule has 84 valence electrons. The first-order valence-electron chi connectivity index (χ1n) is 6.16. The van der Waals surface area contributed by atoms with Crippen LogP contribution in [0.15, 0.2) is 0 Å². The molecule has 0 aromatic rings. The number of hydrogen-bond acceptors (Lipinski definition) is 2. The summed E-state index contributed by atoms with van der Waals surface area (Å²) < 4.78 is 0. The minimum Gasteiger partial charge on any atom is -0.314 e. The number of hydrogen-bond donors (Lipinski definition) is 1. The highest BCUT2D eigenvalue weighted by atomic mass is 15.1. The third-order valence-electron chi connectivity index (χ3n) is 3.36. The van der Waals surface area contributed by atoms with Gasteiger partial charge in [0.1, 0.15) is 0 Å². The van der Waals surface area contributed by atoms with Gasteiger partial charge in [-0.15, -0.1) is 0 Å². The highest BCUT2D eigenvalue weighted by molar-refractivity contribution is 4.78. The van der Waals surface area contributed by atoms with Crippen LogP contribution in [0.3, 0.4) is 0 Å². The molecule has 1 saturated heterocycles. The molecular weight excluding hydrogens is 172 g/mol. The summed E-state index contributed by atoms with van der Waals surface area (Å²) in [5.41, 5.74) is 0. The highest BCUT2D eigenvalue weighted by Gasteiger charge is 2.21. The molecule has 0 amide bonds. The fourth-order valence-electron chi connectivity index (χ4n) is 2.29. The normalized spacial score (nSPS) is 26.4. The Labute approximate surface area is 89.1 Å². The number of piperidine rings is 1. The monoisotopic (exact) mass is 198 g/mol. The minimum absolute atomic E-state index is 0.698. The molecule has 2 heteroatoms. The van der Waals surface area contributed by atoms with Crippen LogP contribution in [-0.2, 0) is 0 Å². The molecule has 0 aliphatic carbocycles. The van der Waals surface area contributed by atoms with E-state index >= 15 is 0 Å². The number of rotatable bonds is 5. The lowest BCUT2D eigenvalue weighted by molar-refractivity contribution is 0.179. The summed E-state index contributed by atoms with van der Waals surface area (Å²) in [4.78, 5) is 2.46. The Morgan fingerprint density at radius 3 is 2.93 bits per heavy atom. The molecular formula is C12H26N2. The fraction of sp³-hybridized carbons (Fsp3) is 1.00. The van der Waals surface area contributed by atoms with Crippen molar-refractivity contribution in [3.05, 3.63) is 0 Å². The molecule has 0 aromatic carbocycles. The molecule has 0 saturated carbocycles. The largest absolute Gasteiger partial charge is 0.314 e. The van der Waals surface area contributed by atoms with E-state index in [2.05, 4.69) is 31.1 Å². The van der Waals surface area contributed by atoms with Gasteiger partial charge in [-0.25, -0.2) is 0 Å². The molecule has 0 spiro atoms. The first kappa shape index (κ1) is 12.0. The number of nitrogens with one attached hydrogen (secondary N) is 1. The first-order valence-corrected chi connectivity index (χ1v) is 6.16. The van der Waals surface area contributed by atoms with Crippen LogP contribution >= 0.6 is 0 Å². The van der Waals surface area contributed by atoms with Crippen LogP contribution in [0.5, 0.6) is 0 Å². The Bertz CT molecular complexity index is 147. The standard InChI is InChI=1S/C12H26N2/c1-4-5-8-13-11(2)12-7-6-9-14(3)10-12/h11-13H,4-10H2,1-3H3. The van der Waals surface area contributed by atoms with E-state index < -0.39 is 0 Å². The summed E-state index contributed by atoms with van der Waals surface area (Å²) in [6.45, 7) is 8.36. The maximum atomic E-state index is 3.65. The Morgan fingerprint density at radius 1 is 1.50 bits per heavy atom. The Hall–Kier alpha value is -0.0800. The summed E-state index contributed by atoms with van der Waals surface area (Å²) >= 11 is 0. The van der Waals surface area contributed by atoms with Crippen molar-refractivity contribution in [2.45, 2.75) is 45.6 Å². The van der Waals surface area contributed by atoms with Crippen LogP contribution in [0.25, 0.3) is 0 Å². The lowest BCUT2D eigenvalue weighted by Crippen LogP contribution is -2.43. The van der Waals surface area contributed by atoms with Crippen LogP contribution in [0.2, 0.25) is 0 Å². The van der Waals surface area contributed by atoms with Gasteiger partial charge in [0.15, 0.2) is 0 Å². The van der Waals surface area contributed by atoms with Crippen molar-refractivity contribution < 1.29 is 0 Å². The third-order valence-corrected chi connectivity index (χ3v) is 3.36. The van der Waals surface area contributed by atoms with E-state index in [0.717, 1.165) is 5.92 Å². The van der Waals surface area contributed by atoms with Crippen molar-refractivity contribution in [1.82, 2.24) is 10.2 Å². The quantitative estimate of drug-likeness (QED) is 0.681. The fourth-order valence-corrected chi connectivity index (χ4v) is 2.29. The van der Waals surface area contributed by atoms with E-state index in [1.807, 2.05) is 0 Å². The number of nitrogens with zero attached hydrogens (tertiary/aromatic N) is 1. The Kier molecular flexibility index (Phi) is 5.49. The van der Waals surface area contributed by atoms with Gasteiger partial charge in [-0.1, -0.05) is 13.3 Å². The van der Waals surface area contributed by atoms with E-state index in [-0.39, 0.29) is 0 Å². The second-order valence-electron chi connectivity index (χ2n) is 4.76. The van der Waals surface area contributed by atoms with Crippen molar-refractivity contribution in [3.63, 3.8) is 0 Å². The summed E-state index contributed by atoms with van der Waals surface area (Å²) in [6, 6.07) is 0.698. The zero-order valence-electron chi connectivity index (χ0n) is 10.1. The van der Waals surface area contributed by atoms with E-state index in [1.165, 1.54) is 45.3 Å². The molecule has 1 aliphatic rings. The van der Waals surface area contributed by atoms with Crippen LogP contribution in [0.4, 0.5) is 0 Å². The molecule has 2 nitrogen and oxygen atoms in total. The van der Waals surface area contributed by atoms with Crippen molar-refractivity contribution in [2.24, 2.45) is 5.92 Å². The molecule has 2 unspecified atom stereocenters. The van der Waals surface area contributed by atoms with Crippen molar-refractivity contribution in [2.75, 3.05) is 26.7 Å². The molecule has 0 radical (unpaired) electrons. The van der Waals surface area contributed by atoms with Crippen LogP contribution in [0.1, 0.15) is 39.5 Å². The van der Waals surface area contributed by atoms with Gasteiger partial charge in [0.25, 0.3) is 0 Å². The van der Waals surface area contributed by atoms with Crippen LogP contribution in [-0.4, -0.2) is 37.6 Å². The van der Waals surface area contributed by atoms with E-state index in [9.17, 15) is 0 Å². The third kappa shape index (κ3) is 3.97. The van der Waals surface area contributed by atoms with E-state index in [1.54, 1.807) is 0 Å². The van der Waals surface area contributed by atoms with Gasteiger partial charge in [0.2, 0.25) is 0 Å². The Balaban J connectivity index is 2.18. The summed E-state index contributed by atoms with van der Waals surface area (Å²) in [6.07, 6.45) is 5.39. The molecule has 2 atom stereocenters. The van der Waals surface area contributed by atoms with Gasteiger partial charge < -0.3 is 10.2 Å². The van der Waals surface area contributed by atoms with Gasteiger partial charge >= 0.3 is 0 Å². The zero-order chi connectivity index (χ0) is 10.4. The molecule has 1 fully saturated rings. The highest BCUT2D eigenvalue weighted by Crippen LogP contribution is 2.18. The van der Waals surface area contributed by atoms with Gasteiger partial charge in [-0.05, 0) is 52.2 Å². The maximum absolute atomic E-state index is 3.65. The minimum atomic E-state index is 0.698. The van der Waals surface area contributed by atoms with Gasteiger partial charge in [-0.2, -0.15) is 0 Å². The molecule has 14 heavy (non-hydrogen) atoms. The summed E-state index contributed by atoms with van der Waals surface area (Å²) in [5, 5.41) is 3.65. The lowest BCUT2D eigenvalue weighted by Gasteiger charge is -2.34. The van der Waals surface area contributed by atoms with E-state index in [0.29, 0.717) is 6.04 Å². The number of unbranched alkanes of at least 4 members (excludes halogenated alkanes) is 1. The second-order valence-corrected chi connectivity index (χ2v) is 4.76. The molecule has 1 heterocycles. The molecule has 1 rings (SSSR count). The van der Waals surface area contributed by atoms with Crippen molar-refractivity contribution in [3.8, 4) is 0 Å². The summed E-state index contributed by atoms with van der Waals surface area (Å²) in [7, 11) is 2.24. The Morgan fingerprint density at radius 2 is 2.29 bits per heavy atom. The van der Waals surface area contributed by atoms with Gasteiger partial charge in [-0.3, -0.25) is 0 Å². The predicted molar refractivity (Wildman–Crippen MR) is 62.6 cm³/mol. The average molecular weight is 198 g/mol. The average Bonchev–Trinajstić information content (AvgIpc) is 2.18. The number of likely N-dealkylation sites (tertiary alicyclic amines) is 1. The van der Waals surface area contributed by atoms with Crippen molar-refractivity contribution in [1.29, 1.82) is 0 Å². The molecule has 0 bridgehead atoms. The molecule has 1 N–H and O–H groups in total. The predicted octanol–water partition coefficient (Wildman–Crippen LogP) is 2.11. The van der Waals surface area contributed by atoms with Crippen molar-refractivity contribution >= 4 is 0 Å². The van der Waals surface area contributed by atoms with Gasteiger partial charge in [0.05, 0.1) is 0 Å². The van der Waals surface area contributed by atoms with Crippen LogP contribution in [0, 0.1) is 5.92 Å². The van der Waals surface area contributed by atoms with Gasteiger partial charge in [0, 0.05) is 12.6 Å². The smallest absolute Gasteiger partial charge is 0.00792 e. The molecule has 0 aromatic heterocycles. The zero-order valence-corrected chi connectivity index (χ0v) is 10.1. The SMILES string of the molecule is CCCCNC(C)C1CCCN(C)C1. The second kappa shape index (κ2) is 6.41. The first-order chi connectivity index (χ1) is 6.74.